The van der Waals surface area contributed by atoms with Crippen LogP contribution in [0, 0.1) is 6.92 Å². The van der Waals surface area contributed by atoms with Gasteiger partial charge in [0.2, 0.25) is 10.0 Å². The first kappa shape index (κ1) is 20.1. The Morgan fingerprint density at radius 2 is 2.00 bits per heavy atom. The quantitative estimate of drug-likeness (QED) is 0.418. The molecule has 3 heterocycles. The van der Waals surface area contributed by atoms with Gasteiger partial charge in [-0.05, 0) is 42.5 Å². The van der Waals surface area contributed by atoms with Crippen LogP contribution in [0.5, 0.6) is 0 Å². The van der Waals surface area contributed by atoms with Crippen LogP contribution in [0.3, 0.4) is 0 Å². The summed E-state index contributed by atoms with van der Waals surface area (Å²) in [5, 5.41) is 7.99. The first-order valence-electron chi connectivity index (χ1n) is 9.43. The van der Waals surface area contributed by atoms with Gasteiger partial charge in [-0.3, -0.25) is 0 Å². The van der Waals surface area contributed by atoms with E-state index in [-0.39, 0.29) is 11.5 Å². The Morgan fingerprint density at radius 3 is 2.70 bits per heavy atom. The van der Waals surface area contributed by atoms with Gasteiger partial charge >= 0.3 is 0 Å². The molecule has 0 unspecified atom stereocenters. The van der Waals surface area contributed by atoms with Gasteiger partial charge in [-0.15, -0.1) is 5.10 Å². The van der Waals surface area contributed by atoms with Crippen molar-refractivity contribution in [3.8, 4) is 11.7 Å². The molecule has 0 saturated heterocycles. The average Bonchev–Trinajstić information content (AvgIpc) is 3.47. The van der Waals surface area contributed by atoms with Crippen LogP contribution in [0.25, 0.3) is 22.7 Å². The molecule has 0 amide bonds. The van der Waals surface area contributed by atoms with Gasteiger partial charge in [-0.25, -0.2) is 13.4 Å². The molecule has 158 valence electrons. The fourth-order valence-corrected chi connectivity index (χ4v) is 4.51. The van der Waals surface area contributed by atoms with E-state index in [4.69, 9.17) is 13.7 Å². The van der Waals surface area contributed by atoms with Crippen molar-refractivity contribution in [1.82, 2.24) is 24.4 Å². The fourth-order valence-electron chi connectivity index (χ4n) is 3.04. The molecular weight excluding hydrogens is 410 g/mol. The average molecular weight is 431 g/mol. The molecule has 10 nitrogen and oxygen atoms in total. The molecule has 4 aromatic rings. The molecule has 0 aliphatic carbocycles. The van der Waals surface area contributed by atoms with Gasteiger partial charge < -0.3 is 13.7 Å². The Morgan fingerprint density at radius 1 is 1.20 bits per heavy atom. The molecule has 0 spiro atoms. The maximum atomic E-state index is 12.8. The summed E-state index contributed by atoms with van der Waals surface area (Å²) in [5.41, 5.74) is 1.52. The van der Waals surface area contributed by atoms with Crippen molar-refractivity contribution in [2.24, 2.45) is 0 Å². The number of aromatic nitrogens is 4. The lowest BCUT2D eigenvalue weighted by atomic mass is 10.3. The summed E-state index contributed by atoms with van der Waals surface area (Å²) in [5.74, 6) is 1.45. The predicted octanol–water partition coefficient (Wildman–Crippen LogP) is 2.65. The third kappa shape index (κ3) is 3.57. The second-order valence-corrected chi connectivity index (χ2v) is 8.41. The highest BCUT2D eigenvalue weighted by molar-refractivity contribution is 7.89. The summed E-state index contributed by atoms with van der Waals surface area (Å²) >= 11 is 0. The normalized spacial score (nSPS) is 12.1. The first-order valence-corrected chi connectivity index (χ1v) is 10.9. The van der Waals surface area contributed by atoms with Crippen molar-refractivity contribution in [3.63, 3.8) is 0 Å². The number of sulfonamides is 1. The van der Waals surface area contributed by atoms with Crippen LogP contribution in [0.15, 0.2) is 50.3 Å². The lowest BCUT2D eigenvalue weighted by Gasteiger charge is -2.18. The Kier molecular flexibility index (Phi) is 5.31. The Labute approximate surface area is 173 Å². The van der Waals surface area contributed by atoms with Gasteiger partial charge in [-0.2, -0.15) is 4.31 Å². The number of oxazole rings is 1. The summed E-state index contributed by atoms with van der Waals surface area (Å²) in [6, 6.07) is 8.13. The molecule has 0 radical (unpaired) electrons. The van der Waals surface area contributed by atoms with Crippen LogP contribution >= 0.6 is 0 Å². The van der Waals surface area contributed by atoms with Gasteiger partial charge in [0.05, 0.1) is 11.2 Å². The predicted molar refractivity (Wildman–Crippen MR) is 107 cm³/mol. The van der Waals surface area contributed by atoms with Crippen LogP contribution in [-0.4, -0.2) is 46.0 Å². The van der Waals surface area contributed by atoms with Crippen LogP contribution in [-0.2, 0) is 16.6 Å². The van der Waals surface area contributed by atoms with E-state index in [1.54, 1.807) is 39.0 Å². The number of fused-ring (bicyclic) bond motifs is 1. The van der Waals surface area contributed by atoms with E-state index in [0.29, 0.717) is 47.2 Å². The smallest absolute Gasteiger partial charge is 0.263 e. The molecule has 0 saturated carbocycles. The number of furan rings is 1. The Balaban J connectivity index is 1.60. The molecule has 0 bridgehead atoms. The van der Waals surface area contributed by atoms with Crippen LogP contribution in [0.1, 0.15) is 25.3 Å². The van der Waals surface area contributed by atoms with Crippen molar-refractivity contribution >= 4 is 21.1 Å². The Bertz CT molecular complexity index is 1260. The minimum absolute atomic E-state index is 0.0571. The second-order valence-electron chi connectivity index (χ2n) is 6.47. The number of aryl methyl sites for hydroxylation is 1. The third-order valence-electron chi connectivity index (χ3n) is 4.68. The van der Waals surface area contributed by atoms with Crippen molar-refractivity contribution in [1.29, 1.82) is 0 Å². The second kappa shape index (κ2) is 7.92. The zero-order valence-electron chi connectivity index (χ0n) is 16.8. The zero-order chi connectivity index (χ0) is 21.3. The molecule has 0 N–H and O–H groups in total. The lowest BCUT2D eigenvalue weighted by Crippen LogP contribution is -2.30. The highest BCUT2D eigenvalue weighted by atomic mass is 32.2. The molecule has 0 aliphatic rings. The summed E-state index contributed by atoms with van der Waals surface area (Å²) in [6.45, 7) is 6.19. The molecule has 0 atom stereocenters. The van der Waals surface area contributed by atoms with Gasteiger partial charge in [0.15, 0.2) is 12.4 Å². The number of benzene rings is 1. The number of rotatable bonds is 8. The van der Waals surface area contributed by atoms with E-state index in [0.717, 1.165) is 0 Å². The topological polar surface area (TPSA) is 116 Å². The molecule has 4 rings (SSSR count). The maximum Gasteiger partial charge on any atom is 0.263 e. The van der Waals surface area contributed by atoms with Crippen molar-refractivity contribution in [3.05, 3.63) is 48.0 Å². The van der Waals surface area contributed by atoms with Crippen LogP contribution in [0.4, 0.5) is 0 Å². The monoisotopic (exact) mass is 431 g/mol. The van der Waals surface area contributed by atoms with Gasteiger partial charge in [0.25, 0.3) is 5.89 Å². The van der Waals surface area contributed by atoms with E-state index in [1.807, 2.05) is 0 Å². The first-order chi connectivity index (χ1) is 14.4. The number of hydrogen-bond acceptors (Lipinski definition) is 8. The van der Waals surface area contributed by atoms with E-state index in [9.17, 15) is 8.42 Å². The minimum atomic E-state index is -3.61. The molecule has 30 heavy (non-hydrogen) atoms. The van der Waals surface area contributed by atoms with Crippen molar-refractivity contribution in [2.75, 3.05) is 13.1 Å². The SMILES string of the molecule is CCN(CC)S(=O)(=O)c1ccc2nnn(OCc3nc(-c4ccco4)oc3C)c2c1. The standard InChI is InChI=1S/C19H21N5O5S/c1-4-23(5-2)30(25,26)14-8-9-15-17(11-14)24(22-21-15)28-12-16-13(3)29-19(20-16)18-7-6-10-27-18/h6-11H,4-5,12H2,1-3H3. The Hall–Kier alpha value is -3.18. The summed E-state index contributed by atoms with van der Waals surface area (Å²) < 4.78 is 37.9. The van der Waals surface area contributed by atoms with E-state index < -0.39 is 10.0 Å². The maximum absolute atomic E-state index is 12.8. The number of hydrogen-bond donors (Lipinski definition) is 0. The number of nitrogens with zero attached hydrogens (tertiary/aromatic N) is 5. The highest BCUT2D eigenvalue weighted by Gasteiger charge is 2.23. The van der Waals surface area contributed by atoms with Gasteiger partial charge in [0, 0.05) is 13.1 Å². The zero-order valence-corrected chi connectivity index (χ0v) is 17.6. The third-order valence-corrected chi connectivity index (χ3v) is 6.72. The van der Waals surface area contributed by atoms with Gasteiger partial charge in [-0.1, -0.05) is 18.7 Å². The van der Waals surface area contributed by atoms with Gasteiger partial charge in [0.1, 0.15) is 22.5 Å². The molecule has 0 fully saturated rings. The van der Waals surface area contributed by atoms with E-state index in [2.05, 4.69) is 15.3 Å². The van der Waals surface area contributed by atoms with Crippen molar-refractivity contribution in [2.45, 2.75) is 32.3 Å². The molecule has 0 aliphatic heterocycles. The lowest BCUT2D eigenvalue weighted by molar-refractivity contribution is 0.0726. The molecule has 3 aromatic heterocycles. The highest BCUT2D eigenvalue weighted by Crippen LogP contribution is 2.23. The van der Waals surface area contributed by atoms with Crippen LogP contribution in [0.2, 0.25) is 0 Å². The molecule has 11 heteroatoms. The minimum Gasteiger partial charge on any atom is -0.459 e. The fraction of sp³-hybridized carbons (Fsp3) is 0.316. The largest absolute Gasteiger partial charge is 0.459 e. The molecule has 1 aromatic carbocycles. The van der Waals surface area contributed by atoms with E-state index in [1.165, 1.54) is 27.5 Å². The van der Waals surface area contributed by atoms with Crippen molar-refractivity contribution < 1.29 is 22.1 Å². The van der Waals surface area contributed by atoms with E-state index >= 15 is 0 Å². The van der Waals surface area contributed by atoms with Crippen LogP contribution < -0.4 is 4.84 Å². The molecular formula is C19H21N5O5S. The summed E-state index contributed by atoms with van der Waals surface area (Å²) in [6.07, 6.45) is 1.54. The summed E-state index contributed by atoms with van der Waals surface area (Å²) in [4.78, 5) is 11.5. The summed E-state index contributed by atoms with van der Waals surface area (Å²) in [7, 11) is -3.61.